The Kier molecular flexibility index (Phi) is 7.01. The van der Waals surface area contributed by atoms with Crippen molar-refractivity contribution in [3.8, 4) is 0 Å². The fourth-order valence-corrected chi connectivity index (χ4v) is 4.68. The first kappa shape index (κ1) is 22.2. The maximum Gasteiger partial charge on any atom is 0.251 e. The van der Waals surface area contributed by atoms with Gasteiger partial charge in [0.2, 0.25) is 0 Å². The molecule has 32 heavy (non-hydrogen) atoms. The van der Waals surface area contributed by atoms with Gasteiger partial charge >= 0.3 is 0 Å². The Hall–Kier alpha value is -2.98. The molecule has 4 rings (SSSR count). The third kappa shape index (κ3) is 5.43. The summed E-state index contributed by atoms with van der Waals surface area (Å²) in [6.45, 7) is 7.46. The van der Waals surface area contributed by atoms with E-state index < -0.39 is 0 Å². The molecule has 0 unspecified atom stereocenters. The summed E-state index contributed by atoms with van der Waals surface area (Å²) in [6, 6.07) is 21.2. The van der Waals surface area contributed by atoms with Gasteiger partial charge in [0.15, 0.2) is 0 Å². The van der Waals surface area contributed by atoms with Crippen molar-refractivity contribution in [2.45, 2.75) is 45.7 Å². The molecule has 4 heteroatoms. The minimum absolute atomic E-state index is 0.0218. The summed E-state index contributed by atoms with van der Waals surface area (Å²) in [5.74, 6) is 0.286. The van der Waals surface area contributed by atoms with Gasteiger partial charge in [0.05, 0.1) is 0 Å². The van der Waals surface area contributed by atoms with E-state index in [1.807, 2.05) is 50.2 Å². The number of rotatable bonds is 6. The zero-order chi connectivity index (χ0) is 22.5. The van der Waals surface area contributed by atoms with Gasteiger partial charge in [-0.3, -0.25) is 9.69 Å². The smallest absolute Gasteiger partial charge is 0.251 e. The SMILES string of the molecule is Cc1ccc(C(=O)NCc2ccccc2C2CCN(Cc3ccc(F)cc3)CC2)c(C)c1. The zero-order valence-corrected chi connectivity index (χ0v) is 18.9. The van der Waals surface area contributed by atoms with Gasteiger partial charge in [0.25, 0.3) is 5.91 Å². The summed E-state index contributed by atoms with van der Waals surface area (Å²) < 4.78 is 13.1. The van der Waals surface area contributed by atoms with E-state index in [1.165, 1.54) is 23.3 Å². The zero-order valence-electron chi connectivity index (χ0n) is 18.9. The second kappa shape index (κ2) is 10.1. The van der Waals surface area contributed by atoms with E-state index in [0.29, 0.717) is 12.5 Å². The number of benzene rings is 3. The largest absolute Gasteiger partial charge is 0.348 e. The van der Waals surface area contributed by atoms with E-state index in [4.69, 9.17) is 0 Å². The van der Waals surface area contributed by atoms with Crippen LogP contribution in [0.15, 0.2) is 66.7 Å². The Balaban J connectivity index is 1.36. The number of hydrogen-bond acceptors (Lipinski definition) is 2. The van der Waals surface area contributed by atoms with Crippen LogP contribution in [0.25, 0.3) is 0 Å². The van der Waals surface area contributed by atoms with E-state index >= 15 is 0 Å². The molecule has 1 fully saturated rings. The Morgan fingerprint density at radius 3 is 2.44 bits per heavy atom. The molecular formula is C28H31FN2O. The van der Waals surface area contributed by atoms with Crippen molar-refractivity contribution in [1.82, 2.24) is 10.2 Å². The molecular weight excluding hydrogens is 399 g/mol. The van der Waals surface area contributed by atoms with Crippen LogP contribution in [-0.4, -0.2) is 23.9 Å². The van der Waals surface area contributed by atoms with E-state index in [1.54, 1.807) is 0 Å². The van der Waals surface area contributed by atoms with E-state index in [9.17, 15) is 9.18 Å². The van der Waals surface area contributed by atoms with Crippen molar-refractivity contribution in [3.63, 3.8) is 0 Å². The number of halogens is 1. The van der Waals surface area contributed by atoms with Crippen LogP contribution in [0.5, 0.6) is 0 Å². The van der Waals surface area contributed by atoms with Crippen LogP contribution in [-0.2, 0) is 13.1 Å². The summed E-state index contributed by atoms with van der Waals surface area (Å²) in [6.07, 6.45) is 2.17. The second-order valence-electron chi connectivity index (χ2n) is 8.88. The van der Waals surface area contributed by atoms with Gasteiger partial charge in [-0.25, -0.2) is 4.39 Å². The molecule has 0 radical (unpaired) electrons. The molecule has 1 heterocycles. The summed E-state index contributed by atoms with van der Waals surface area (Å²) in [5.41, 5.74) is 6.60. The number of piperidine rings is 1. The van der Waals surface area contributed by atoms with Crippen LogP contribution in [0.2, 0.25) is 0 Å². The Labute approximate surface area is 190 Å². The monoisotopic (exact) mass is 430 g/mol. The number of aryl methyl sites for hydroxylation is 2. The van der Waals surface area contributed by atoms with Crippen LogP contribution in [0.3, 0.4) is 0 Å². The fourth-order valence-electron chi connectivity index (χ4n) is 4.68. The molecule has 0 bridgehead atoms. The molecule has 3 nitrogen and oxygen atoms in total. The molecule has 0 spiro atoms. The number of nitrogens with zero attached hydrogens (tertiary/aromatic N) is 1. The fraction of sp³-hybridized carbons (Fsp3) is 0.321. The summed E-state index contributed by atoms with van der Waals surface area (Å²) in [5, 5.41) is 3.12. The summed E-state index contributed by atoms with van der Waals surface area (Å²) in [4.78, 5) is 15.2. The predicted molar refractivity (Wildman–Crippen MR) is 127 cm³/mol. The van der Waals surface area contributed by atoms with Gasteiger partial charge in [0.1, 0.15) is 5.82 Å². The lowest BCUT2D eigenvalue weighted by molar-refractivity contribution is 0.0950. The van der Waals surface area contributed by atoms with Crippen LogP contribution >= 0.6 is 0 Å². The maximum absolute atomic E-state index is 13.1. The van der Waals surface area contributed by atoms with Crippen LogP contribution in [0.4, 0.5) is 4.39 Å². The minimum Gasteiger partial charge on any atom is -0.348 e. The van der Waals surface area contributed by atoms with E-state index in [-0.39, 0.29) is 11.7 Å². The highest BCUT2D eigenvalue weighted by Crippen LogP contribution is 2.31. The Bertz CT molecular complexity index is 1070. The van der Waals surface area contributed by atoms with Crippen LogP contribution in [0.1, 0.15) is 56.9 Å². The van der Waals surface area contributed by atoms with Gasteiger partial charge in [0, 0.05) is 18.7 Å². The lowest BCUT2D eigenvalue weighted by Gasteiger charge is -2.33. The van der Waals surface area contributed by atoms with Gasteiger partial charge in [-0.2, -0.15) is 0 Å². The van der Waals surface area contributed by atoms with Crippen molar-refractivity contribution in [3.05, 3.63) is 106 Å². The number of likely N-dealkylation sites (tertiary alicyclic amines) is 1. The number of hydrogen-bond donors (Lipinski definition) is 1. The van der Waals surface area contributed by atoms with Gasteiger partial charge in [-0.05, 0) is 86.1 Å². The number of amides is 1. The number of carbonyl (C=O) groups is 1. The summed E-state index contributed by atoms with van der Waals surface area (Å²) in [7, 11) is 0. The Morgan fingerprint density at radius 2 is 1.72 bits per heavy atom. The first-order valence-electron chi connectivity index (χ1n) is 11.4. The lowest BCUT2D eigenvalue weighted by Crippen LogP contribution is -2.33. The molecule has 1 N–H and O–H groups in total. The van der Waals surface area contributed by atoms with Gasteiger partial charge in [-0.15, -0.1) is 0 Å². The standard InChI is InChI=1S/C28H31FN2O/c1-20-7-12-26(21(2)17-20)28(32)30-18-24-5-3-4-6-27(24)23-13-15-31(16-14-23)19-22-8-10-25(29)11-9-22/h3-12,17,23H,13-16,18-19H2,1-2H3,(H,30,32). The average Bonchev–Trinajstić information content (AvgIpc) is 2.80. The topological polar surface area (TPSA) is 32.3 Å². The molecule has 3 aromatic carbocycles. The molecule has 0 aromatic heterocycles. The third-order valence-corrected chi connectivity index (χ3v) is 6.47. The molecule has 1 saturated heterocycles. The number of nitrogens with one attached hydrogen (secondary N) is 1. The quantitative estimate of drug-likeness (QED) is 0.540. The van der Waals surface area contributed by atoms with E-state index in [2.05, 4.69) is 28.4 Å². The molecule has 0 atom stereocenters. The molecule has 1 aliphatic rings. The third-order valence-electron chi connectivity index (χ3n) is 6.47. The first-order chi connectivity index (χ1) is 15.5. The molecule has 1 amide bonds. The first-order valence-corrected chi connectivity index (χ1v) is 11.4. The molecule has 0 aliphatic carbocycles. The van der Waals surface area contributed by atoms with Crippen molar-refractivity contribution in [2.75, 3.05) is 13.1 Å². The highest BCUT2D eigenvalue weighted by atomic mass is 19.1. The van der Waals surface area contributed by atoms with Crippen molar-refractivity contribution < 1.29 is 9.18 Å². The number of carbonyl (C=O) groups excluding carboxylic acids is 1. The van der Waals surface area contributed by atoms with Gasteiger partial charge in [-0.1, -0.05) is 54.1 Å². The summed E-state index contributed by atoms with van der Waals surface area (Å²) >= 11 is 0. The second-order valence-corrected chi connectivity index (χ2v) is 8.88. The Morgan fingerprint density at radius 1 is 1.00 bits per heavy atom. The molecule has 0 saturated carbocycles. The molecule has 1 aliphatic heterocycles. The van der Waals surface area contributed by atoms with Crippen molar-refractivity contribution >= 4 is 5.91 Å². The van der Waals surface area contributed by atoms with Crippen molar-refractivity contribution in [2.24, 2.45) is 0 Å². The highest BCUT2D eigenvalue weighted by molar-refractivity contribution is 5.95. The minimum atomic E-state index is -0.186. The highest BCUT2D eigenvalue weighted by Gasteiger charge is 2.22. The predicted octanol–water partition coefficient (Wildman–Crippen LogP) is 5.75. The average molecular weight is 431 g/mol. The van der Waals surface area contributed by atoms with E-state index in [0.717, 1.165) is 54.7 Å². The van der Waals surface area contributed by atoms with Crippen LogP contribution in [0, 0.1) is 19.7 Å². The lowest BCUT2D eigenvalue weighted by atomic mass is 9.86. The molecule has 166 valence electrons. The normalized spacial score (nSPS) is 15.0. The van der Waals surface area contributed by atoms with Crippen molar-refractivity contribution in [1.29, 1.82) is 0 Å². The van der Waals surface area contributed by atoms with Crippen LogP contribution < -0.4 is 5.32 Å². The molecule has 3 aromatic rings. The maximum atomic E-state index is 13.1. The van der Waals surface area contributed by atoms with Gasteiger partial charge < -0.3 is 5.32 Å².